The zero-order valence-electron chi connectivity index (χ0n) is 11.0. The van der Waals surface area contributed by atoms with Crippen LogP contribution >= 0.6 is 0 Å². The maximum Gasteiger partial charge on any atom is 0.242 e. The highest BCUT2D eigenvalue weighted by Crippen LogP contribution is 2.11. The molecule has 98 valence electrons. The summed E-state index contributed by atoms with van der Waals surface area (Å²) in [5.41, 5.74) is -0.535. The monoisotopic (exact) mass is 243 g/mol. The molecule has 6 nitrogen and oxygen atoms in total. The molecule has 1 atom stereocenters. The van der Waals surface area contributed by atoms with Crippen molar-refractivity contribution >= 4 is 17.7 Å². The fourth-order valence-electron chi connectivity index (χ4n) is 1.00. The van der Waals surface area contributed by atoms with Gasteiger partial charge in [0.25, 0.3) is 0 Å². The smallest absolute Gasteiger partial charge is 0.242 e. The maximum atomic E-state index is 11.5. The third-order valence-electron chi connectivity index (χ3n) is 2.11. The van der Waals surface area contributed by atoms with E-state index in [0.717, 1.165) is 0 Å². The maximum absolute atomic E-state index is 11.5. The molecule has 0 aliphatic rings. The molecule has 0 aromatic carbocycles. The molecule has 0 aromatic rings. The lowest BCUT2D eigenvalue weighted by Crippen LogP contribution is -2.48. The van der Waals surface area contributed by atoms with Gasteiger partial charge in [0, 0.05) is 12.5 Å². The topological polar surface area (TPSA) is 87.3 Å². The van der Waals surface area contributed by atoms with Gasteiger partial charge in [-0.25, -0.2) is 0 Å². The number of likely N-dealkylation sites (N-methyl/N-ethyl adjacent to an activating group) is 1. The molecule has 0 aliphatic heterocycles. The van der Waals surface area contributed by atoms with Crippen LogP contribution in [0.1, 0.15) is 27.7 Å². The van der Waals surface area contributed by atoms with Gasteiger partial charge in [-0.15, -0.1) is 0 Å². The Labute approximate surface area is 102 Å². The van der Waals surface area contributed by atoms with E-state index >= 15 is 0 Å². The lowest BCUT2D eigenvalue weighted by atomic mass is 9.96. The Morgan fingerprint density at radius 1 is 1.18 bits per heavy atom. The molecule has 0 radical (unpaired) electrons. The summed E-state index contributed by atoms with van der Waals surface area (Å²) >= 11 is 0. The van der Waals surface area contributed by atoms with Crippen LogP contribution in [-0.4, -0.2) is 37.4 Å². The van der Waals surface area contributed by atoms with E-state index in [1.165, 1.54) is 7.05 Å². The molecule has 0 fully saturated rings. The van der Waals surface area contributed by atoms with Gasteiger partial charge in [-0.05, 0) is 6.92 Å². The van der Waals surface area contributed by atoms with E-state index in [4.69, 9.17) is 0 Å². The molecule has 17 heavy (non-hydrogen) atoms. The zero-order valence-corrected chi connectivity index (χ0v) is 11.0. The largest absolute Gasteiger partial charge is 0.357 e. The minimum Gasteiger partial charge on any atom is -0.357 e. The van der Waals surface area contributed by atoms with Gasteiger partial charge in [0.1, 0.15) is 6.04 Å². The van der Waals surface area contributed by atoms with Crippen LogP contribution in [0.4, 0.5) is 0 Å². The third-order valence-corrected chi connectivity index (χ3v) is 2.11. The number of hydrogen-bond acceptors (Lipinski definition) is 3. The first-order chi connectivity index (χ1) is 7.68. The molecule has 3 amide bonds. The summed E-state index contributed by atoms with van der Waals surface area (Å²) in [5, 5.41) is 7.39. The lowest BCUT2D eigenvalue weighted by molar-refractivity contribution is -0.132. The van der Waals surface area contributed by atoms with Gasteiger partial charge in [-0.2, -0.15) is 0 Å². The Morgan fingerprint density at radius 3 is 2.12 bits per heavy atom. The van der Waals surface area contributed by atoms with E-state index in [2.05, 4.69) is 16.0 Å². The van der Waals surface area contributed by atoms with Crippen molar-refractivity contribution < 1.29 is 14.4 Å². The summed E-state index contributed by atoms with van der Waals surface area (Å²) in [5.74, 6) is -0.876. The molecule has 0 saturated carbocycles. The standard InChI is InChI=1S/C11H21N3O3/c1-7(9(16)12-5)14-8(15)6-13-10(17)11(2,3)4/h7H,6H2,1-5H3,(H,12,16)(H,13,17)(H,14,15)/t7-/m1/s1. The van der Waals surface area contributed by atoms with Crippen LogP contribution in [-0.2, 0) is 14.4 Å². The van der Waals surface area contributed by atoms with E-state index in [-0.39, 0.29) is 18.4 Å². The average molecular weight is 243 g/mol. The van der Waals surface area contributed by atoms with Crippen molar-refractivity contribution in [1.29, 1.82) is 0 Å². The number of rotatable bonds is 4. The lowest BCUT2D eigenvalue weighted by Gasteiger charge is -2.18. The van der Waals surface area contributed by atoms with Crippen molar-refractivity contribution in [3.05, 3.63) is 0 Å². The summed E-state index contributed by atoms with van der Waals surface area (Å²) in [6, 6.07) is -0.612. The van der Waals surface area contributed by atoms with E-state index in [1.807, 2.05) is 0 Å². The highest BCUT2D eigenvalue weighted by molar-refractivity contribution is 5.90. The fourth-order valence-corrected chi connectivity index (χ4v) is 1.00. The summed E-state index contributed by atoms with van der Waals surface area (Å²) < 4.78 is 0. The van der Waals surface area contributed by atoms with Crippen LogP contribution in [0.15, 0.2) is 0 Å². The van der Waals surface area contributed by atoms with E-state index < -0.39 is 17.4 Å². The highest BCUT2D eigenvalue weighted by atomic mass is 16.2. The normalized spacial score (nSPS) is 12.5. The first-order valence-corrected chi connectivity index (χ1v) is 5.47. The van der Waals surface area contributed by atoms with Crippen molar-refractivity contribution in [2.24, 2.45) is 5.41 Å². The molecule has 0 saturated heterocycles. The second-order valence-electron chi connectivity index (χ2n) is 4.84. The van der Waals surface area contributed by atoms with Gasteiger partial charge in [-0.1, -0.05) is 20.8 Å². The van der Waals surface area contributed by atoms with Gasteiger partial charge >= 0.3 is 0 Å². The molecule has 0 aliphatic carbocycles. The predicted molar refractivity (Wildman–Crippen MR) is 64.1 cm³/mol. The van der Waals surface area contributed by atoms with Crippen LogP contribution in [0.25, 0.3) is 0 Å². The quantitative estimate of drug-likeness (QED) is 0.616. The van der Waals surface area contributed by atoms with Crippen molar-refractivity contribution in [3.8, 4) is 0 Å². The second-order valence-corrected chi connectivity index (χ2v) is 4.84. The highest BCUT2D eigenvalue weighted by Gasteiger charge is 2.22. The van der Waals surface area contributed by atoms with Gasteiger partial charge in [0.05, 0.1) is 6.54 Å². The molecule has 0 spiro atoms. The molecule has 0 bridgehead atoms. The summed E-state index contributed by atoms with van der Waals surface area (Å²) in [6.45, 7) is 6.72. The fraction of sp³-hybridized carbons (Fsp3) is 0.727. The minimum absolute atomic E-state index is 0.128. The van der Waals surface area contributed by atoms with Crippen molar-refractivity contribution in [1.82, 2.24) is 16.0 Å². The van der Waals surface area contributed by atoms with Crippen LogP contribution in [0.5, 0.6) is 0 Å². The molecule has 6 heteroatoms. The van der Waals surface area contributed by atoms with Gasteiger partial charge < -0.3 is 16.0 Å². The third kappa shape index (κ3) is 5.89. The number of amides is 3. The van der Waals surface area contributed by atoms with Crippen LogP contribution < -0.4 is 16.0 Å². The van der Waals surface area contributed by atoms with E-state index in [1.54, 1.807) is 27.7 Å². The first kappa shape index (κ1) is 15.4. The number of nitrogens with one attached hydrogen (secondary N) is 3. The number of carbonyl (C=O) groups is 3. The Morgan fingerprint density at radius 2 is 1.71 bits per heavy atom. The van der Waals surface area contributed by atoms with Gasteiger partial charge in [0.2, 0.25) is 17.7 Å². The first-order valence-electron chi connectivity index (χ1n) is 5.47. The number of carbonyl (C=O) groups excluding carboxylic acids is 3. The van der Waals surface area contributed by atoms with E-state index in [0.29, 0.717) is 0 Å². The van der Waals surface area contributed by atoms with Crippen molar-refractivity contribution in [2.75, 3.05) is 13.6 Å². The molecule has 0 unspecified atom stereocenters. The van der Waals surface area contributed by atoms with E-state index in [9.17, 15) is 14.4 Å². The van der Waals surface area contributed by atoms with Crippen LogP contribution in [0, 0.1) is 5.41 Å². The molecule has 0 heterocycles. The van der Waals surface area contributed by atoms with Crippen molar-refractivity contribution in [3.63, 3.8) is 0 Å². The van der Waals surface area contributed by atoms with Gasteiger partial charge in [0.15, 0.2) is 0 Å². The van der Waals surface area contributed by atoms with Crippen molar-refractivity contribution in [2.45, 2.75) is 33.7 Å². The van der Waals surface area contributed by atoms with Crippen LogP contribution in [0.2, 0.25) is 0 Å². The molecule has 0 rings (SSSR count). The van der Waals surface area contributed by atoms with Crippen LogP contribution in [0.3, 0.4) is 0 Å². The number of hydrogen-bond donors (Lipinski definition) is 3. The summed E-state index contributed by atoms with van der Waals surface area (Å²) in [7, 11) is 1.49. The van der Waals surface area contributed by atoms with Gasteiger partial charge in [-0.3, -0.25) is 14.4 Å². The minimum atomic E-state index is -0.612. The molecular weight excluding hydrogens is 222 g/mol. The second kappa shape index (κ2) is 6.22. The summed E-state index contributed by atoms with van der Waals surface area (Å²) in [6.07, 6.45) is 0. The Balaban J connectivity index is 4.05. The Bertz CT molecular complexity index is 308. The summed E-state index contributed by atoms with van der Waals surface area (Å²) in [4.78, 5) is 34.0. The molecule has 3 N–H and O–H groups in total. The Hall–Kier alpha value is -1.59. The zero-order chi connectivity index (χ0) is 13.6. The molecular formula is C11H21N3O3. The average Bonchev–Trinajstić information content (AvgIpc) is 2.23. The SMILES string of the molecule is CNC(=O)[C@@H](C)NC(=O)CNC(=O)C(C)(C)C. The Kier molecular flexibility index (Phi) is 5.64. The predicted octanol–water partition coefficient (Wildman–Crippen LogP) is -0.601. The molecule has 0 aromatic heterocycles.